The van der Waals surface area contributed by atoms with Gasteiger partial charge in [0.1, 0.15) is 27.3 Å². The number of aromatic nitrogens is 1. The minimum atomic E-state index is -0.749. The predicted octanol–water partition coefficient (Wildman–Crippen LogP) is 4.79. The Hall–Kier alpha value is -2.67. The minimum absolute atomic E-state index is 0.0764. The van der Waals surface area contributed by atoms with E-state index >= 15 is 0 Å². The number of rotatable bonds is 3. The van der Waals surface area contributed by atoms with Crippen molar-refractivity contribution >= 4 is 22.9 Å². The summed E-state index contributed by atoms with van der Waals surface area (Å²) in [6.07, 6.45) is 0. The number of nitrogens with zero attached hydrogens (tertiary/aromatic N) is 1. The number of amides is 1. The summed E-state index contributed by atoms with van der Waals surface area (Å²) in [7, 11) is 0. The van der Waals surface area contributed by atoms with Crippen molar-refractivity contribution < 1.29 is 18.0 Å². The van der Waals surface area contributed by atoms with Crippen LogP contribution in [-0.2, 0) is 0 Å². The largest absolute Gasteiger partial charge is 0.321 e. The van der Waals surface area contributed by atoms with Gasteiger partial charge in [-0.3, -0.25) is 4.79 Å². The molecular formula is C17H11F3N2OS. The van der Waals surface area contributed by atoms with Crippen molar-refractivity contribution in [1.29, 1.82) is 0 Å². The highest BCUT2D eigenvalue weighted by molar-refractivity contribution is 7.17. The van der Waals surface area contributed by atoms with E-state index in [0.717, 1.165) is 23.5 Å². The summed E-state index contributed by atoms with van der Waals surface area (Å²) in [5.41, 5.74) is 0.355. The zero-order valence-corrected chi connectivity index (χ0v) is 13.3. The van der Waals surface area contributed by atoms with Crippen LogP contribution in [-0.4, -0.2) is 10.9 Å². The monoisotopic (exact) mass is 348 g/mol. The third-order valence-corrected chi connectivity index (χ3v) is 4.44. The lowest BCUT2D eigenvalue weighted by Crippen LogP contribution is -2.11. The highest BCUT2D eigenvalue weighted by Gasteiger charge is 2.20. The molecule has 1 amide bonds. The second kappa shape index (κ2) is 6.45. The Kier molecular flexibility index (Phi) is 4.35. The van der Waals surface area contributed by atoms with Gasteiger partial charge in [0.05, 0.1) is 11.3 Å². The zero-order valence-electron chi connectivity index (χ0n) is 12.4. The lowest BCUT2D eigenvalue weighted by molar-refractivity contribution is 0.103. The molecule has 3 aromatic rings. The maximum Gasteiger partial charge on any atom is 0.267 e. The Morgan fingerprint density at radius 3 is 2.42 bits per heavy atom. The van der Waals surface area contributed by atoms with Gasteiger partial charge in [0.15, 0.2) is 0 Å². The molecule has 0 atom stereocenters. The first-order valence-corrected chi connectivity index (χ1v) is 7.76. The third kappa shape index (κ3) is 3.16. The van der Waals surface area contributed by atoms with E-state index < -0.39 is 23.4 Å². The fourth-order valence-electron chi connectivity index (χ4n) is 2.17. The number of carbonyl (C=O) groups is 1. The summed E-state index contributed by atoms with van der Waals surface area (Å²) < 4.78 is 40.9. The minimum Gasteiger partial charge on any atom is -0.321 e. The summed E-state index contributed by atoms with van der Waals surface area (Å²) in [6.45, 7) is 1.57. The molecule has 0 saturated carbocycles. The normalized spacial score (nSPS) is 10.7. The molecule has 0 bridgehead atoms. The molecule has 0 fully saturated rings. The molecule has 0 spiro atoms. The van der Waals surface area contributed by atoms with Gasteiger partial charge in [0, 0.05) is 5.69 Å². The zero-order chi connectivity index (χ0) is 17.3. The van der Waals surface area contributed by atoms with Gasteiger partial charge in [-0.2, -0.15) is 0 Å². The average molecular weight is 348 g/mol. The van der Waals surface area contributed by atoms with Crippen molar-refractivity contribution in [2.24, 2.45) is 0 Å². The second-order valence-electron chi connectivity index (χ2n) is 4.99. The number of nitrogens with one attached hydrogen (secondary N) is 1. The number of benzene rings is 2. The molecule has 122 valence electrons. The second-order valence-corrected chi connectivity index (χ2v) is 5.99. The van der Waals surface area contributed by atoms with Gasteiger partial charge in [0.2, 0.25) is 0 Å². The fourth-order valence-corrected chi connectivity index (χ4v) is 3.18. The topological polar surface area (TPSA) is 42.0 Å². The first-order valence-electron chi connectivity index (χ1n) is 6.94. The summed E-state index contributed by atoms with van der Waals surface area (Å²) >= 11 is 0.876. The van der Waals surface area contributed by atoms with E-state index in [1.165, 1.54) is 30.3 Å². The first kappa shape index (κ1) is 16.2. The van der Waals surface area contributed by atoms with Gasteiger partial charge >= 0.3 is 0 Å². The standard InChI is InChI=1S/C17H11F3N2OS/c1-9-15(16(23)22-11-5-2-4-10(18)8-11)24-17(21-9)14-12(19)6-3-7-13(14)20/h2-8H,1H3,(H,22,23). The highest BCUT2D eigenvalue weighted by atomic mass is 32.1. The highest BCUT2D eigenvalue weighted by Crippen LogP contribution is 2.32. The Bertz CT molecular complexity index is 904. The predicted molar refractivity (Wildman–Crippen MR) is 86.6 cm³/mol. The molecule has 0 aliphatic carbocycles. The van der Waals surface area contributed by atoms with Gasteiger partial charge in [-0.1, -0.05) is 12.1 Å². The van der Waals surface area contributed by atoms with Crippen molar-refractivity contribution in [1.82, 2.24) is 4.98 Å². The van der Waals surface area contributed by atoms with Gasteiger partial charge in [0.25, 0.3) is 5.91 Å². The smallest absolute Gasteiger partial charge is 0.267 e. The van der Waals surface area contributed by atoms with Gasteiger partial charge in [-0.15, -0.1) is 11.3 Å². The van der Waals surface area contributed by atoms with Crippen molar-refractivity contribution in [3.63, 3.8) is 0 Å². The average Bonchev–Trinajstić information content (AvgIpc) is 2.89. The van der Waals surface area contributed by atoms with E-state index in [4.69, 9.17) is 0 Å². The van der Waals surface area contributed by atoms with E-state index in [-0.39, 0.29) is 21.1 Å². The molecule has 1 heterocycles. The van der Waals surface area contributed by atoms with E-state index in [2.05, 4.69) is 10.3 Å². The third-order valence-electron chi connectivity index (χ3n) is 3.26. The van der Waals surface area contributed by atoms with Crippen molar-refractivity contribution in [2.75, 3.05) is 5.32 Å². The Labute approximate surface area is 139 Å². The van der Waals surface area contributed by atoms with Crippen LogP contribution in [0.1, 0.15) is 15.4 Å². The van der Waals surface area contributed by atoms with Crippen LogP contribution >= 0.6 is 11.3 Å². The summed E-state index contributed by atoms with van der Waals surface area (Å²) in [6, 6.07) is 8.94. The van der Waals surface area contributed by atoms with E-state index in [0.29, 0.717) is 5.69 Å². The molecule has 3 nitrogen and oxygen atoms in total. The van der Waals surface area contributed by atoms with Crippen molar-refractivity contribution in [3.8, 4) is 10.6 Å². The van der Waals surface area contributed by atoms with Crippen LogP contribution in [0.25, 0.3) is 10.6 Å². The number of thiazole rings is 1. The first-order chi connectivity index (χ1) is 11.5. The van der Waals surface area contributed by atoms with Crippen LogP contribution in [0.4, 0.5) is 18.9 Å². The molecule has 0 unspecified atom stereocenters. The number of aryl methyl sites for hydroxylation is 1. The molecule has 0 saturated heterocycles. The van der Waals surface area contributed by atoms with Gasteiger partial charge < -0.3 is 5.32 Å². The molecule has 24 heavy (non-hydrogen) atoms. The van der Waals surface area contributed by atoms with E-state index in [9.17, 15) is 18.0 Å². The van der Waals surface area contributed by atoms with Gasteiger partial charge in [-0.25, -0.2) is 18.2 Å². The molecule has 0 radical (unpaired) electrons. The van der Waals surface area contributed by atoms with Crippen LogP contribution in [0.3, 0.4) is 0 Å². The molecule has 2 aromatic carbocycles. The number of hydrogen-bond acceptors (Lipinski definition) is 3. The van der Waals surface area contributed by atoms with Crippen molar-refractivity contribution in [2.45, 2.75) is 6.92 Å². The number of carbonyl (C=O) groups excluding carboxylic acids is 1. The Balaban J connectivity index is 1.93. The number of halogens is 3. The molecule has 7 heteroatoms. The van der Waals surface area contributed by atoms with Crippen LogP contribution in [0.5, 0.6) is 0 Å². The molecule has 1 N–H and O–H groups in total. The molecule has 3 rings (SSSR count). The van der Waals surface area contributed by atoms with Gasteiger partial charge in [-0.05, 0) is 37.3 Å². The summed E-state index contributed by atoms with van der Waals surface area (Å²) in [4.78, 5) is 16.6. The quantitative estimate of drug-likeness (QED) is 0.739. The lowest BCUT2D eigenvalue weighted by Gasteiger charge is -2.03. The number of hydrogen-bond donors (Lipinski definition) is 1. The van der Waals surface area contributed by atoms with Crippen LogP contribution < -0.4 is 5.32 Å². The number of anilines is 1. The van der Waals surface area contributed by atoms with Crippen LogP contribution in [0.15, 0.2) is 42.5 Å². The van der Waals surface area contributed by atoms with Crippen molar-refractivity contribution in [3.05, 3.63) is 70.5 Å². The van der Waals surface area contributed by atoms with Crippen LogP contribution in [0.2, 0.25) is 0 Å². The van der Waals surface area contributed by atoms with E-state index in [1.54, 1.807) is 6.92 Å². The molecule has 0 aliphatic heterocycles. The maximum absolute atomic E-state index is 13.9. The summed E-state index contributed by atoms with van der Waals surface area (Å²) in [5.74, 6) is -2.50. The molecule has 0 aliphatic rings. The maximum atomic E-state index is 13.9. The Morgan fingerprint density at radius 2 is 1.75 bits per heavy atom. The fraction of sp³-hybridized carbons (Fsp3) is 0.0588. The van der Waals surface area contributed by atoms with E-state index in [1.807, 2.05) is 0 Å². The molecular weight excluding hydrogens is 337 g/mol. The molecule has 1 aromatic heterocycles. The van der Waals surface area contributed by atoms with Crippen LogP contribution in [0, 0.1) is 24.4 Å². The lowest BCUT2D eigenvalue weighted by atomic mass is 10.2. The summed E-state index contributed by atoms with van der Waals surface area (Å²) in [5, 5.41) is 2.61. The SMILES string of the molecule is Cc1nc(-c2c(F)cccc2F)sc1C(=O)Nc1cccc(F)c1. The Morgan fingerprint density at radius 1 is 1.08 bits per heavy atom.